The highest BCUT2D eigenvalue weighted by Gasteiger charge is 2.46. The first-order valence-corrected chi connectivity index (χ1v) is 6.75. The molecule has 0 aliphatic carbocycles. The largest absolute Gasteiger partial charge is 0.376 e. The predicted octanol–water partition coefficient (Wildman–Crippen LogP) is 1.17. The van der Waals surface area contributed by atoms with Crippen LogP contribution in [0.1, 0.15) is 36.7 Å². The normalized spacial score (nSPS) is 31.9. The number of aliphatic hydroxyl groups is 1. The molecule has 0 fully saturated rings. The summed E-state index contributed by atoms with van der Waals surface area (Å²) in [6.07, 6.45) is 5.33. The zero-order chi connectivity index (χ0) is 14.5. The minimum atomic E-state index is -3.01. The number of nitrogens with one attached hydrogen (secondary N) is 1. The Morgan fingerprint density at radius 3 is 2.95 bits per heavy atom. The minimum Gasteiger partial charge on any atom is -0.376 e. The van der Waals surface area contributed by atoms with E-state index < -0.39 is 17.9 Å². The number of halogens is 2. The van der Waals surface area contributed by atoms with E-state index in [1.807, 2.05) is 6.92 Å². The van der Waals surface area contributed by atoms with Crippen LogP contribution in [0.3, 0.4) is 0 Å². The van der Waals surface area contributed by atoms with Gasteiger partial charge in [-0.3, -0.25) is 4.68 Å². The molecule has 20 heavy (non-hydrogen) atoms. The molecular formula is C14H17F2N3O. The summed E-state index contributed by atoms with van der Waals surface area (Å²) in [7, 11) is 0. The average Bonchev–Trinajstić information content (AvgIpc) is 2.69. The summed E-state index contributed by atoms with van der Waals surface area (Å²) >= 11 is 0. The van der Waals surface area contributed by atoms with E-state index in [0.29, 0.717) is 24.2 Å². The summed E-state index contributed by atoms with van der Waals surface area (Å²) in [6, 6.07) is 0.210. The van der Waals surface area contributed by atoms with Crippen LogP contribution < -0.4 is 5.32 Å². The maximum atomic E-state index is 14.4. The maximum absolute atomic E-state index is 14.4. The zero-order valence-electron chi connectivity index (χ0n) is 11.3. The van der Waals surface area contributed by atoms with E-state index in [-0.39, 0.29) is 24.7 Å². The average molecular weight is 281 g/mol. The Bertz CT molecular complexity index is 590. The molecule has 2 atom stereocenters. The van der Waals surface area contributed by atoms with Gasteiger partial charge in [0.25, 0.3) is 5.92 Å². The summed E-state index contributed by atoms with van der Waals surface area (Å²) in [4.78, 5) is 0. The molecule has 0 saturated carbocycles. The van der Waals surface area contributed by atoms with Gasteiger partial charge in [0.1, 0.15) is 11.3 Å². The highest BCUT2D eigenvalue weighted by Crippen LogP contribution is 2.41. The molecule has 0 saturated heterocycles. The van der Waals surface area contributed by atoms with Gasteiger partial charge in [-0.05, 0) is 13.3 Å². The molecule has 4 nitrogen and oxygen atoms in total. The first-order chi connectivity index (χ1) is 9.35. The molecule has 2 aliphatic heterocycles. The Hall–Kier alpha value is -1.45. The number of hydrogen-bond donors (Lipinski definition) is 2. The molecular weight excluding hydrogens is 264 g/mol. The number of fused-ring (bicyclic) bond motifs is 3. The van der Waals surface area contributed by atoms with E-state index in [0.717, 1.165) is 0 Å². The first-order valence-electron chi connectivity index (χ1n) is 6.75. The number of nitrogens with zero attached hydrogens (tertiary/aromatic N) is 2. The van der Waals surface area contributed by atoms with Crippen molar-refractivity contribution < 1.29 is 13.9 Å². The second-order valence-electron chi connectivity index (χ2n) is 5.80. The van der Waals surface area contributed by atoms with Crippen molar-refractivity contribution in [1.82, 2.24) is 15.1 Å². The SMILES string of the molecule is C#CC1(O)CCC(F)(F)c2c3c(nn2C1)CC(C)NC3. The number of aromatic nitrogens is 2. The fourth-order valence-electron chi connectivity index (χ4n) is 2.99. The highest BCUT2D eigenvalue weighted by atomic mass is 19.3. The lowest BCUT2D eigenvalue weighted by atomic mass is 9.95. The lowest BCUT2D eigenvalue weighted by Gasteiger charge is -2.22. The third kappa shape index (κ3) is 2.02. The van der Waals surface area contributed by atoms with Gasteiger partial charge >= 0.3 is 0 Å². The summed E-state index contributed by atoms with van der Waals surface area (Å²) in [5, 5.41) is 17.7. The lowest BCUT2D eigenvalue weighted by Crippen LogP contribution is -2.34. The van der Waals surface area contributed by atoms with Crippen LogP contribution in [0, 0.1) is 12.3 Å². The molecule has 2 N–H and O–H groups in total. The fourth-order valence-corrected chi connectivity index (χ4v) is 2.99. The van der Waals surface area contributed by atoms with Crippen LogP contribution in [0.15, 0.2) is 0 Å². The van der Waals surface area contributed by atoms with E-state index in [1.54, 1.807) is 0 Å². The third-order valence-electron chi connectivity index (χ3n) is 4.14. The first kappa shape index (κ1) is 13.5. The molecule has 0 amide bonds. The van der Waals surface area contributed by atoms with E-state index in [4.69, 9.17) is 6.42 Å². The highest BCUT2D eigenvalue weighted by molar-refractivity contribution is 5.33. The van der Waals surface area contributed by atoms with Gasteiger partial charge in [-0.1, -0.05) is 5.92 Å². The molecule has 0 spiro atoms. The third-order valence-corrected chi connectivity index (χ3v) is 4.14. The van der Waals surface area contributed by atoms with Crippen LogP contribution in [0.5, 0.6) is 0 Å². The van der Waals surface area contributed by atoms with Gasteiger partial charge < -0.3 is 10.4 Å². The van der Waals surface area contributed by atoms with Crippen LogP contribution in [-0.2, 0) is 25.4 Å². The molecule has 108 valence electrons. The molecule has 2 aliphatic rings. The molecule has 0 radical (unpaired) electrons. The van der Waals surface area contributed by atoms with E-state index >= 15 is 0 Å². The van der Waals surface area contributed by atoms with Crippen LogP contribution in [-0.4, -0.2) is 26.5 Å². The van der Waals surface area contributed by atoms with Crippen molar-refractivity contribution in [3.63, 3.8) is 0 Å². The molecule has 2 unspecified atom stereocenters. The van der Waals surface area contributed by atoms with Gasteiger partial charge in [0.05, 0.1) is 12.2 Å². The fraction of sp³-hybridized carbons (Fsp3) is 0.643. The molecule has 1 aromatic rings. The predicted molar refractivity (Wildman–Crippen MR) is 69.1 cm³/mol. The van der Waals surface area contributed by atoms with Gasteiger partial charge in [-0.25, -0.2) is 0 Å². The topological polar surface area (TPSA) is 50.1 Å². The van der Waals surface area contributed by atoms with Gasteiger partial charge in [-0.2, -0.15) is 13.9 Å². The van der Waals surface area contributed by atoms with Gasteiger partial charge in [0, 0.05) is 31.0 Å². The van der Waals surface area contributed by atoms with Crippen LogP contribution >= 0.6 is 0 Å². The van der Waals surface area contributed by atoms with Crippen LogP contribution in [0.25, 0.3) is 0 Å². The Kier molecular flexibility index (Phi) is 2.89. The summed E-state index contributed by atoms with van der Waals surface area (Å²) in [5.74, 6) is -0.776. The standard InChI is InChI=1S/C14H17F2N3O/c1-3-13(20)4-5-14(15,16)12-10-7-17-9(2)6-11(10)18-19(12)8-13/h1,9,17,20H,4-8H2,2H3. The van der Waals surface area contributed by atoms with E-state index in [9.17, 15) is 13.9 Å². The second-order valence-corrected chi connectivity index (χ2v) is 5.80. The molecule has 6 heteroatoms. The summed E-state index contributed by atoms with van der Waals surface area (Å²) in [5.41, 5.74) is -0.387. The van der Waals surface area contributed by atoms with Gasteiger partial charge in [0.15, 0.2) is 0 Å². The summed E-state index contributed by atoms with van der Waals surface area (Å²) < 4.78 is 30.0. The molecule has 1 aromatic heterocycles. The minimum absolute atomic E-state index is 0.0736. The number of alkyl halides is 2. The maximum Gasteiger partial charge on any atom is 0.289 e. The van der Waals surface area contributed by atoms with Crippen molar-refractivity contribution >= 4 is 0 Å². The number of terminal acetylenes is 1. The molecule has 3 rings (SSSR count). The Labute approximate surface area is 116 Å². The molecule has 0 bridgehead atoms. The van der Waals surface area contributed by atoms with Crippen molar-refractivity contribution in [2.75, 3.05) is 0 Å². The van der Waals surface area contributed by atoms with Crippen molar-refractivity contribution in [3.05, 3.63) is 17.0 Å². The van der Waals surface area contributed by atoms with Crippen molar-refractivity contribution in [2.24, 2.45) is 0 Å². The van der Waals surface area contributed by atoms with E-state index in [1.165, 1.54) is 4.68 Å². The van der Waals surface area contributed by atoms with Crippen molar-refractivity contribution in [3.8, 4) is 12.3 Å². The van der Waals surface area contributed by atoms with Crippen LogP contribution in [0.4, 0.5) is 8.78 Å². The Morgan fingerprint density at radius 2 is 2.25 bits per heavy atom. The molecule has 3 heterocycles. The monoisotopic (exact) mass is 281 g/mol. The quantitative estimate of drug-likeness (QED) is 0.702. The van der Waals surface area contributed by atoms with Crippen molar-refractivity contribution in [1.29, 1.82) is 0 Å². The van der Waals surface area contributed by atoms with Gasteiger partial charge in [-0.15, -0.1) is 6.42 Å². The lowest BCUT2D eigenvalue weighted by molar-refractivity contribution is -0.0297. The number of hydrogen-bond acceptors (Lipinski definition) is 3. The summed E-state index contributed by atoms with van der Waals surface area (Å²) in [6.45, 7) is 2.30. The van der Waals surface area contributed by atoms with Crippen molar-refractivity contribution in [2.45, 2.75) is 56.8 Å². The zero-order valence-corrected chi connectivity index (χ0v) is 11.3. The van der Waals surface area contributed by atoms with Crippen LogP contribution in [0.2, 0.25) is 0 Å². The second kappa shape index (κ2) is 4.27. The Morgan fingerprint density at radius 1 is 1.50 bits per heavy atom. The smallest absolute Gasteiger partial charge is 0.289 e. The van der Waals surface area contributed by atoms with Gasteiger partial charge in [0.2, 0.25) is 0 Å². The van der Waals surface area contributed by atoms with E-state index in [2.05, 4.69) is 16.3 Å². The molecule has 0 aromatic carbocycles. The Balaban J connectivity index is 2.12. The number of rotatable bonds is 0.